The van der Waals surface area contributed by atoms with Gasteiger partial charge in [0.2, 0.25) is 15.9 Å². The number of amides is 1. The monoisotopic (exact) mass is 356 g/mol. The number of hydrogen-bond donors (Lipinski definition) is 2. The number of benzene rings is 2. The molecule has 0 atom stereocenters. The van der Waals surface area contributed by atoms with E-state index < -0.39 is 28.3 Å². The highest BCUT2D eigenvalue weighted by atomic mass is 35.5. The lowest BCUT2D eigenvalue weighted by atomic mass is 10.2. The Morgan fingerprint density at radius 3 is 2.61 bits per heavy atom. The van der Waals surface area contributed by atoms with Gasteiger partial charge in [-0.2, -0.15) is 0 Å². The number of aryl methyl sites for hydroxylation is 1. The molecule has 2 rings (SSSR count). The third-order valence-corrected chi connectivity index (χ3v) is 4.60. The van der Waals surface area contributed by atoms with E-state index in [9.17, 15) is 17.6 Å². The molecule has 1 amide bonds. The summed E-state index contributed by atoms with van der Waals surface area (Å²) < 4.78 is 39.5. The van der Waals surface area contributed by atoms with E-state index in [0.29, 0.717) is 10.7 Å². The highest BCUT2D eigenvalue weighted by Gasteiger charge is 2.16. The lowest BCUT2D eigenvalue weighted by Crippen LogP contribution is -2.33. The second kappa shape index (κ2) is 7.08. The molecule has 0 aliphatic rings. The SMILES string of the molecule is Cc1cc(S(=O)(=O)NCC(=O)Nc2cccc(Cl)c2)ccc1F. The summed E-state index contributed by atoms with van der Waals surface area (Å²) in [6, 6.07) is 9.88. The fourth-order valence-electron chi connectivity index (χ4n) is 1.80. The molecule has 0 saturated heterocycles. The van der Waals surface area contributed by atoms with Crippen LogP contribution in [0.25, 0.3) is 0 Å². The average molecular weight is 357 g/mol. The Balaban J connectivity index is 2.01. The Labute approximate surface area is 138 Å². The van der Waals surface area contributed by atoms with Crippen molar-refractivity contribution >= 4 is 33.2 Å². The van der Waals surface area contributed by atoms with Crippen LogP contribution in [0.4, 0.5) is 10.1 Å². The second-order valence-electron chi connectivity index (χ2n) is 4.79. The molecule has 5 nitrogen and oxygen atoms in total. The van der Waals surface area contributed by atoms with Crippen LogP contribution in [0.5, 0.6) is 0 Å². The third-order valence-electron chi connectivity index (χ3n) is 2.97. The number of rotatable bonds is 5. The summed E-state index contributed by atoms with van der Waals surface area (Å²) in [4.78, 5) is 11.7. The molecular weight excluding hydrogens is 343 g/mol. The zero-order valence-corrected chi connectivity index (χ0v) is 13.7. The van der Waals surface area contributed by atoms with Gasteiger partial charge in [0.15, 0.2) is 0 Å². The van der Waals surface area contributed by atoms with E-state index in [2.05, 4.69) is 10.0 Å². The van der Waals surface area contributed by atoms with Crippen LogP contribution in [0, 0.1) is 12.7 Å². The van der Waals surface area contributed by atoms with Crippen LogP contribution in [0.1, 0.15) is 5.56 Å². The quantitative estimate of drug-likeness (QED) is 0.864. The molecule has 0 aliphatic carbocycles. The van der Waals surface area contributed by atoms with Crippen molar-refractivity contribution in [3.63, 3.8) is 0 Å². The molecule has 0 bridgehead atoms. The van der Waals surface area contributed by atoms with Crippen LogP contribution >= 0.6 is 11.6 Å². The fourth-order valence-corrected chi connectivity index (χ4v) is 3.06. The molecule has 2 aromatic carbocycles. The number of sulfonamides is 1. The molecular formula is C15H14ClFN2O3S. The highest BCUT2D eigenvalue weighted by Crippen LogP contribution is 2.15. The summed E-state index contributed by atoms with van der Waals surface area (Å²) >= 11 is 5.79. The Morgan fingerprint density at radius 2 is 1.96 bits per heavy atom. The molecule has 2 aromatic rings. The number of nitrogens with one attached hydrogen (secondary N) is 2. The van der Waals surface area contributed by atoms with Gasteiger partial charge < -0.3 is 5.32 Å². The van der Waals surface area contributed by atoms with Gasteiger partial charge in [0.1, 0.15) is 5.82 Å². The lowest BCUT2D eigenvalue weighted by Gasteiger charge is -2.09. The van der Waals surface area contributed by atoms with Crippen LogP contribution in [0.3, 0.4) is 0 Å². The average Bonchev–Trinajstić information content (AvgIpc) is 2.48. The van der Waals surface area contributed by atoms with Gasteiger partial charge in [0.05, 0.1) is 11.4 Å². The summed E-state index contributed by atoms with van der Waals surface area (Å²) in [5, 5.41) is 2.97. The van der Waals surface area contributed by atoms with Crippen LogP contribution in [0.2, 0.25) is 5.02 Å². The fraction of sp³-hybridized carbons (Fsp3) is 0.133. The minimum Gasteiger partial charge on any atom is -0.325 e. The normalized spacial score (nSPS) is 11.3. The topological polar surface area (TPSA) is 75.3 Å². The van der Waals surface area contributed by atoms with E-state index in [0.717, 1.165) is 12.1 Å². The van der Waals surface area contributed by atoms with E-state index in [1.54, 1.807) is 18.2 Å². The first-order valence-electron chi connectivity index (χ1n) is 6.59. The van der Waals surface area contributed by atoms with E-state index in [1.165, 1.54) is 19.1 Å². The zero-order valence-electron chi connectivity index (χ0n) is 12.1. The van der Waals surface area contributed by atoms with Crippen LogP contribution in [-0.4, -0.2) is 20.9 Å². The predicted molar refractivity (Wildman–Crippen MR) is 86.4 cm³/mol. The molecule has 122 valence electrons. The van der Waals surface area contributed by atoms with Gasteiger partial charge >= 0.3 is 0 Å². The summed E-state index contributed by atoms with van der Waals surface area (Å²) in [5.41, 5.74) is 0.663. The molecule has 0 spiro atoms. The zero-order chi connectivity index (χ0) is 17.0. The summed E-state index contributed by atoms with van der Waals surface area (Å²) in [5.74, 6) is -1.04. The molecule has 0 radical (unpaired) electrons. The Kier molecular flexibility index (Phi) is 5.35. The van der Waals surface area contributed by atoms with Crippen molar-refractivity contribution < 1.29 is 17.6 Å². The van der Waals surface area contributed by atoms with Gasteiger partial charge in [0.25, 0.3) is 0 Å². The minimum absolute atomic E-state index is 0.105. The summed E-state index contributed by atoms with van der Waals surface area (Å²) in [7, 11) is -3.90. The Morgan fingerprint density at radius 1 is 1.22 bits per heavy atom. The summed E-state index contributed by atoms with van der Waals surface area (Å²) in [6.07, 6.45) is 0. The van der Waals surface area contributed by atoms with Gasteiger partial charge in [-0.25, -0.2) is 17.5 Å². The van der Waals surface area contributed by atoms with Gasteiger partial charge in [-0.05, 0) is 48.9 Å². The second-order valence-corrected chi connectivity index (χ2v) is 7.00. The van der Waals surface area contributed by atoms with Crippen molar-refractivity contribution in [2.45, 2.75) is 11.8 Å². The third kappa shape index (κ3) is 4.75. The number of anilines is 1. The van der Waals surface area contributed by atoms with E-state index >= 15 is 0 Å². The van der Waals surface area contributed by atoms with Crippen molar-refractivity contribution in [2.75, 3.05) is 11.9 Å². The molecule has 23 heavy (non-hydrogen) atoms. The number of hydrogen-bond acceptors (Lipinski definition) is 3. The maximum atomic E-state index is 13.2. The standard InChI is InChI=1S/C15H14ClFN2O3S/c1-10-7-13(5-6-14(10)17)23(21,22)18-9-15(20)19-12-4-2-3-11(16)8-12/h2-8,18H,9H2,1H3,(H,19,20). The minimum atomic E-state index is -3.90. The van der Waals surface area contributed by atoms with E-state index in [1.807, 2.05) is 0 Å². The van der Waals surface area contributed by atoms with Crippen LogP contribution < -0.4 is 10.0 Å². The summed E-state index contributed by atoms with van der Waals surface area (Å²) in [6.45, 7) is 1.01. The van der Waals surface area contributed by atoms with Gasteiger partial charge in [-0.1, -0.05) is 17.7 Å². The molecule has 0 aliphatic heterocycles. The van der Waals surface area contributed by atoms with Crippen molar-refractivity contribution in [3.05, 3.63) is 58.9 Å². The van der Waals surface area contributed by atoms with Gasteiger partial charge in [-0.3, -0.25) is 4.79 Å². The molecule has 0 saturated carbocycles. The van der Waals surface area contributed by atoms with Crippen molar-refractivity contribution in [1.82, 2.24) is 4.72 Å². The molecule has 0 aromatic heterocycles. The molecule has 0 fully saturated rings. The maximum absolute atomic E-state index is 13.2. The van der Waals surface area contributed by atoms with Gasteiger partial charge in [0, 0.05) is 10.7 Å². The molecule has 2 N–H and O–H groups in total. The first-order valence-corrected chi connectivity index (χ1v) is 8.45. The first kappa shape index (κ1) is 17.4. The number of carbonyl (C=O) groups excluding carboxylic acids is 1. The van der Waals surface area contributed by atoms with Gasteiger partial charge in [-0.15, -0.1) is 0 Å². The highest BCUT2D eigenvalue weighted by molar-refractivity contribution is 7.89. The lowest BCUT2D eigenvalue weighted by molar-refractivity contribution is -0.115. The molecule has 0 unspecified atom stereocenters. The van der Waals surface area contributed by atoms with Crippen molar-refractivity contribution in [1.29, 1.82) is 0 Å². The number of halogens is 2. The van der Waals surface area contributed by atoms with E-state index in [4.69, 9.17) is 11.6 Å². The largest absolute Gasteiger partial charge is 0.325 e. The van der Waals surface area contributed by atoms with Crippen molar-refractivity contribution in [2.24, 2.45) is 0 Å². The Hall–Kier alpha value is -1.96. The smallest absolute Gasteiger partial charge is 0.241 e. The van der Waals surface area contributed by atoms with Crippen LogP contribution in [0.15, 0.2) is 47.4 Å². The molecule has 8 heteroatoms. The predicted octanol–water partition coefficient (Wildman–Crippen LogP) is 2.70. The van der Waals surface area contributed by atoms with Crippen molar-refractivity contribution in [3.8, 4) is 0 Å². The maximum Gasteiger partial charge on any atom is 0.241 e. The van der Waals surface area contributed by atoms with E-state index in [-0.39, 0.29) is 10.5 Å². The van der Waals surface area contributed by atoms with Crippen LogP contribution in [-0.2, 0) is 14.8 Å². The Bertz CT molecular complexity index is 840. The number of carbonyl (C=O) groups is 1. The first-order chi connectivity index (χ1) is 10.8. The molecule has 0 heterocycles.